The van der Waals surface area contributed by atoms with Crippen LogP contribution in [-0.2, 0) is 17.8 Å². The third-order valence-electron chi connectivity index (χ3n) is 4.56. The van der Waals surface area contributed by atoms with Crippen LogP contribution in [0.15, 0.2) is 41.1 Å². The van der Waals surface area contributed by atoms with E-state index in [-0.39, 0.29) is 5.91 Å². The zero-order valence-corrected chi connectivity index (χ0v) is 14.8. The van der Waals surface area contributed by atoms with Crippen molar-refractivity contribution < 1.29 is 9.53 Å². The number of rotatable bonds is 6. The van der Waals surface area contributed by atoms with Crippen molar-refractivity contribution in [1.29, 1.82) is 0 Å². The fourth-order valence-electron chi connectivity index (χ4n) is 3.11. The first-order chi connectivity index (χ1) is 11.8. The van der Waals surface area contributed by atoms with Crippen LogP contribution in [0.5, 0.6) is 5.75 Å². The van der Waals surface area contributed by atoms with Gasteiger partial charge in [0.25, 0.3) is 0 Å². The molecule has 1 amide bonds. The minimum absolute atomic E-state index is 0.191. The largest absolute Gasteiger partial charge is 0.496 e. The maximum absolute atomic E-state index is 12.5. The summed E-state index contributed by atoms with van der Waals surface area (Å²) >= 11 is 1.73. The summed E-state index contributed by atoms with van der Waals surface area (Å²) in [6.45, 7) is 2.58. The first-order valence-corrected chi connectivity index (χ1v) is 9.34. The average Bonchev–Trinajstić information content (AvgIpc) is 3.14. The lowest BCUT2D eigenvalue weighted by Crippen LogP contribution is -2.45. The average molecular weight is 344 g/mol. The zero-order chi connectivity index (χ0) is 16.8. The van der Waals surface area contributed by atoms with E-state index < -0.39 is 0 Å². The van der Waals surface area contributed by atoms with Crippen molar-refractivity contribution in [2.24, 2.45) is 0 Å². The Hall–Kier alpha value is -1.85. The highest BCUT2D eigenvalue weighted by molar-refractivity contribution is 7.07. The zero-order valence-electron chi connectivity index (χ0n) is 14.0. The number of ether oxygens (including phenoxy) is 1. The van der Waals surface area contributed by atoms with Gasteiger partial charge in [-0.05, 0) is 41.3 Å². The van der Waals surface area contributed by atoms with Crippen LogP contribution in [0.3, 0.4) is 0 Å². The number of methoxy groups -OCH3 is 1. The molecule has 1 saturated heterocycles. The predicted octanol–water partition coefficient (Wildman–Crippen LogP) is 3.08. The van der Waals surface area contributed by atoms with Crippen molar-refractivity contribution in [2.45, 2.75) is 31.8 Å². The number of amides is 1. The smallest absolute Gasteiger partial charge is 0.227 e. The van der Waals surface area contributed by atoms with Gasteiger partial charge in [0.15, 0.2) is 0 Å². The number of benzene rings is 1. The number of carbonyl (C=O) groups is 1. The lowest BCUT2D eigenvalue weighted by atomic mass is 10.0. The number of para-hydroxylation sites is 1. The van der Waals surface area contributed by atoms with Crippen LogP contribution in [0.4, 0.5) is 0 Å². The van der Waals surface area contributed by atoms with Crippen molar-refractivity contribution in [3.8, 4) is 5.75 Å². The molecule has 0 saturated carbocycles. The molecule has 0 radical (unpaired) electrons. The first-order valence-electron chi connectivity index (χ1n) is 8.40. The van der Waals surface area contributed by atoms with Crippen molar-refractivity contribution in [1.82, 2.24) is 10.2 Å². The number of piperidine rings is 1. The summed E-state index contributed by atoms with van der Waals surface area (Å²) in [6.07, 6.45) is 2.45. The first kappa shape index (κ1) is 17.0. The van der Waals surface area contributed by atoms with Crippen LogP contribution in [0.2, 0.25) is 0 Å². The normalized spacial score (nSPS) is 15.5. The second kappa shape index (κ2) is 8.31. The second-order valence-corrected chi connectivity index (χ2v) is 6.94. The lowest BCUT2D eigenvalue weighted by Gasteiger charge is -2.32. The van der Waals surface area contributed by atoms with Gasteiger partial charge < -0.3 is 15.0 Å². The summed E-state index contributed by atoms with van der Waals surface area (Å²) < 4.78 is 5.34. The SMILES string of the molecule is COc1ccccc1CC(=O)N1CCC(NCc2ccsc2)CC1. The Kier molecular flexibility index (Phi) is 5.88. The maximum Gasteiger partial charge on any atom is 0.227 e. The Morgan fingerprint density at radius 3 is 2.79 bits per heavy atom. The third kappa shape index (κ3) is 4.36. The van der Waals surface area contributed by atoms with Crippen molar-refractivity contribution in [3.63, 3.8) is 0 Å². The fourth-order valence-corrected chi connectivity index (χ4v) is 3.78. The van der Waals surface area contributed by atoms with Gasteiger partial charge in [0.1, 0.15) is 5.75 Å². The molecule has 1 N–H and O–H groups in total. The molecular formula is C19H24N2O2S. The van der Waals surface area contributed by atoms with E-state index in [1.165, 1.54) is 5.56 Å². The van der Waals surface area contributed by atoms with E-state index in [1.807, 2.05) is 29.2 Å². The van der Waals surface area contributed by atoms with E-state index in [0.717, 1.165) is 43.8 Å². The molecule has 2 heterocycles. The Balaban J connectivity index is 1.46. The Labute approximate surface area is 147 Å². The molecule has 0 unspecified atom stereocenters. The molecule has 1 aliphatic heterocycles. The molecule has 0 atom stereocenters. The summed E-state index contributed by atoms with van der Waals surface area (Å²) in [4.78, 5) is 14.5. The summed E-state index contributed by atoms with van der Waals surface area (Å²) in [5, 5.41) is 7.89. The highest BCUT2D eigenvalue weighted by Gasteiger charge is 2.23. The van der Waals surface area contributed by atoms with Gasteiger partial charge in [-0.1, -0.05) is 18.2 Å². The molecule has 5 heteroatoms. The van der Waals surface area contributed by atoms with Crippen LogP contribution in [0, 0.1) is 0 Å². The monoisotopic (exact) mass is 344 g/mol. The van der Waals surface area contributed by atoms with Gasteiger partial charge in [-0.3, -0.25) is 4.79 Å². The van der Waals surface area contributed by atoms with Gasteiger partial charge in [-0.2, -0.15) is 11.3 Å². The molecule has 3 rings (SSSR count). The lowest BCUT2D eigenvalue weighted by molar-refractivity contribution is -0.131. The van der Waals surface area contributed by atoms with Crippen LogP contribution in [0.1, 0.15) is 24.0 Å². The number of likely N-dealkylation sites (tertiary alicyclic amines) is 1. The summed E-state index contributed by atoms with van der Waals surface area (Å²) in [7, 11) is 1.65. The van der Waals surface area contributed by atoms with E-state index in [1.54, 1.807) is 18.4 Å². The van der Waals surface area contributed by atoms with Gasteiger partial charge in [0.05, 0.1) is 13.5 Å². The van der Waals surface area contributed by atoms with E-state index >= 15 is 0 Å². The van der Waals surface area contributed by atoms with Gasteiger partial charge >= 0.3 is 0 Å². The number of thiophene rings is 1. The van der Waals surface area contributed by atoms with Crippen molar-refractivity contribution in [2.75, 3.05) is 20.2 Å². The summed E-state index contributed by atoms with van der Waals surface area (Å²) in [5.74, 6) is 0.981. The fraction of sp³-hybridized carbons (Fsp3) is 0.421. The highest BCUT2D eigenvalue weighted by atomic mass is 32.1. The molecule has 0 aliphatic carbocycles. The van der Waals surface area contributed by atoms with Crippen LogP contribution in [-0.4, -0.2) is 37.0 Å². The molecule has 0 spiro atoms. The number of hydrogen-bond donors (Lipinski definition) is 1. The molecule has 1 aromatic heterocycles. The van der Waals surface area contributed by atoms with E-state index in [0.29, 0.717) is 12.5 Å². The van der Waals surface area contributed by atoms with E-state index in [2.05, 4.69) is 22.1 Å². The molecule has 4 nitrogen and oxygen atoms in total. The van der Waals surface area contributed by atoms with E-state index in [4.69, 9.17) is 4.74 Å². The van der Waals surface area contributed by atoms with Crippen molar-refractivity contribution in [3.05, 3.63) is 52.2 Å². The summed E-state index contributed by atoms with van der Waals surface area (Å²) in [5.41, 5.74) is 2.30. The van der Waals surface area contributed by atoms with Crippen LogP contribution in [0.25, 0.3) is 0 Å². The summed E-state index contributed by atoms with van der Waals surface area (Å²) in [6, 6.07) is 10.4. The topological polar surface area (TPSA) is 41.6 Å². The van der Waals surface area contributed by atoms with Gasteiger partial charge in [0.2, 0.25) is 5.91 Å². The molecule has 0 bridgehead atoms. The molecular weight excluding hydrogens is 320 g/mol. The molecule has 1 aliphatic rings. The second-order valence-electron chi connectivity index (χ2n) is 6.16. The molecule has 24 heavy (non-hydrogen) atoms. The Bertz CT molecular complexity index is 649. The van der Waals surface area contributed by atoms with Gasteiger partial charge in [0, 0.05) is 31.2 Å². The molecule has 1 aromatic carbocycles. The Morgan fingerprint density at radius 1 is 1.29 bits per heavy atom. The number of hydrogen-bond acceptors (Lipinski definition) is 4. The van der Waals surface area contributed by atoms with Gasteiger partial charge in [-0.25, -0.2) is 0 Å². The quantitative estimate of drug-likeness (QED) is 0.876. The predicted molar refractivity (Wildman–Crippen MR) is 97.5 cm³/mol. The Morgan fingerprint density at radius 2 is 2.08 bits per heavy atom. The number of carbonyl (C=O) groups excluding carboxylic acids is 1. The van der Waals surface area contributed by atoms with Crippen molar-refractivity contribution >= 4 is 17.2 Å². The molecule has 1 fully saturated rings. The van der Waals surface area contributed by atoms with Crippen LogP contribution < -0.4 is 10.1 Å². The minimum atomic E-state index is 0.191. The molecule has 128 valence electrons. The number of nitrogens with one attached hydrogen (secondary N) is 1. The molecule has 2 aromatic rings. The van der Waals surface area contributed by atoms with E-state index in [9.17, 15) is 4.79 Å². The third-order valence-corrected chi connectivity index (χ3v) is 5.29. The van der Waals surface area contributed by atoms with Gasteiger partial charge in [-0.15, -0.1) is 0 Å². The van der Waals surface area contributed by atoms with Crippen LogP contribution >= 0.6 is 11.3 Å². The standard InChI is InChI=1S/C19H24N2O2S/c1-23-18-5-3-2-4-16(18)12-19(22)21-9-6-17(7-10-21)20-13-15-8-11-24-14-15/h2-5,8,11,14,17,20H,6-7,9-10,12-13H2,1H3. The highest BCUT2D eigenvalue weighted by Crippen LogP contribution is 2.20. The maximum atomic E-state index is 12.5. The number of nitrogens with zero attached hydrogens (tertiary/aromatic N) is 1. The minimum Gasteiger partial charge on any atom is -0.496 e.